The van der Waals surface area contributed by atoms with E-state index in [1.54, 1.807) is 43.3 Å². The van der Waals surface area contributed by atoms with E-state index in [2.05, 4.69) is 6.92 Å². The van der Waals surface area contributed by atoms with Crippen molar-refractivity contribution in [3.8, 4) is 11.5 Å². The number of hydrogen-bond acceptors (Lipinski definition) is 8. The van der Waals surface area contributed by atoms with Gasteiger partial charge in [0.05, 0.1) is 12.7 Å². The summed E-state index contributed by atoms with van der Waals surface area (Å²) in [5.41, 5.74) is 0.331. The number of benzene rings is 2. The van der Waals surface area contributed by atoms with Crippen LogP contribution >= 0.6 is 0 Å². The molecule has 0 heterocycles. The summed E-state index contributed by atoms with van der Waals surface area (Å²) in [7, 11) is 0. The number of rotatable bonds is 16. The largest absolute Gasteiger partial charge is 0.507 e. The Bertz CT molecular complexity index is 943. The summed E-state index contributed by atoms with van der Waals surface area (Å²) in [6, 6.07) is 12.8. The van der Waals surface area contributed by atoms with E-state index in [1.807, 2.05) is 6.92 Å². The third kappa shape index (κ3) is 9.87. The van der Waals surface area contributed by atoms with Gasteiger partial charge >= 0.3 is 11.9 Å². The standard InChI is InChI=1S/C28H38O8/c1-4-6-7-12-21(5-2)36-28(32)24-14-9-11-16-26(24)34-18-22(33-17-20(3)29)19-35-27(31)23-13-8-10-15-25(23)30/h8-11,13-16,20-22,29-30H,4-7,12,17-19H2,1-3H3. The molecule has 0 aliphatic rings. The monoisotopic (exact) mass is 502 g/mol. The van der Waals surface area contributed by atoms with Gasteiger partial charge in [-0.3, -0.25) is 0 Å². The van der Waals surface area contributed by atoms with E-state index >= 15 is 0 Å². The molecule has 36 heavy (non-hydrogen) atoms. The van der Waals surface area contributed by atoms with Crippen LogP contribution in [0.1, 0.15) is 73.6 Å². The zero-order chi connectivity index (χ0) is 26.3. The van der Waals surface area contributed by atoms with Crippen molar-refractivity contribution in [2.45, 2.75) is 71.2 Å². The Morgan fingerprint density at radius 2 is 1.56 bits per heavy atom. The van der Waals surface area contributed by atoms with Gasteiger partial charge in [-0.1, -0.05) is 51.0 Å². The first kappa shape index (κ1) is 29.1. The molecule has 0 radical (unpaired) electrons. The minimum absolute atomic E-state index is 0.00178. The number of ether oxygens (including phenoxy) is 4. The number of carbonyl (C=O) groups excluding carboxylic acids is 2. The fourth-order valence-corrected chi connectivity index (χ4v) is 3.44. The number of para-hydroxylation sites is 2. The highest BCUT2D eigenvalue weighted by Crippen LogP contribution is 2.22. The number of phenolic OH excluding ortho intramolecular Hbond substituents is 1. The lowest BCUT2D eigenvalue weighted by Gasteiger charge is -2.21. The summed E-state index contributed by atoms with van der Waals surface area (Å²) >= 11 is 0. The molecular weight excluding hydrogens is 464 g/mol. The maximum atomic E-state index is 12.9. The van der Waals surface area contributed by atoms with E-state index in [4.69, 9.17) is 18.9 Å². The Morgan fingerprint density at radius 1 is 0.861 bits per heavy atom. The molecule has 0 saturated heterocycles. The second kappa shape index (κ2) is 15.8. The van der Waals surface area contributed by atoms with E-state index in [1.165, 1.54) is 12.1 Å². The van der Waals surface area contributed by atoms with Crippen molar-refractivity contribution in [3.05, 3.63) is 59.7 Å². The van der Waals surface area contributed by atoms with Crippen molar-refractivity contribution in [1.82, 2.24) is 0 Å². The molecule has 0 amide bonds. The molecule has 2 aromatic rings. The van der Waals surface area contributed by atoms with Crippen LogP contribution in [0.3, 0.4) is 0 Å². The second-order valence-corrected chi connectivity index (χ2v) is 8.66. The van der Waals surface area contributed by atoms with Gasteiger partial charge in [-0.15, -0.1) is 0 Å². The summed E-state index contributed by atoms with van der Waals surface area (Å²) < 4.78 is 22.6. The van der Waals surface area contributed by atoms with Crippen molar-refractivity contribution in [3.63, 3.8) is 0 Å². The van der Waals surface area contributed by atoms with Crippen LogP contribution in [0.2, 0.25) is 0 Å². The van der Waals surface area contributed by atoms with Crippen LogP contribution < -0.4 is 4.74 Å². The third-order valence-corrected chi connectivity index (χ3v) is 5.49. The number of esters is 2. The van der Waals surface area contributed by atoms with Crippen LogP contribution in [0, 0.1) is 0 Å². The van der Waals surface area contributed by atoms with Gasteiger partial charge in [0.15, 0.2) is 0 Å². The molecule has 3 unspecified atom stereocenters. The first-order valence-electron chi connectivity index (χ1n) is 12.5. The first-order chi connectivity index (χ1) is 17.3. The Morgan fingerprint density at radius 3 is 2.22 bits per heavy atom. The van der Waals surface area contributed by atoms with Gasteiger partial charge in [-0.2, -0.15) is 0 Å². The Labute approximate surface area is 213 Å². The van der Waals surface area contributed by atoms with Crippen molar-refractivity contribution < 1.29 is 38.7 Å². The first-order valence-corrected chi connectivity index (χ1v) is 12.5. The Kier molecular flexibility index (Phi) is 12.8. The summed E-state index contributed by atoms with van der Waals surface area (Å²) in [5.74, 6) is -1.03. The van der Waals surface area contributed by atoms with Crippen molar-refractivity contribution in [2.75, 3.05) is 19.8 Å². The fraction of sp³-hybridized carbons (Fsp3) is 0.500. The molecule has 2 aromatic carbocycles. The van der Waals surface area contributed by atoms with E-state index in [9.17, 15) is 19.8 Å². The van der Waals surface area contributed by atoms with Crippen LogP contribution in [0.5, 0.6) is 11.5 Å². The topological polar surface area (TPSA) is 112 Å². The zero-order valence-electron chi connectivity index (χ0n) is 21.4. The number of aromatic hydroxyl groups is 1. The SMILES string of the molecule is CCCCCC(CC)OC(=O)c1ccccc1OCC(COC(=O)c1ccccc1O)OCC(C)O. The number of aliphatic hydroxyl groups excluding tert-OH is 1. The molecule has 0 saturated carbocycles. The molecule has 2 N–H and O–H groups in total. The minimum Gasteiger partial charge on any atom is -0.507 e. The second-order valence-electron chi connectivity index (χ2n) is 8.66. The molecule has 3 atom stereocenters. The van der Waals surface area contributed by atoms with Gasteiger partial charge in [0.25, 0.3) is 0 Å². The molecule has 0 fully saturated rings. The summed E-state index contributed by atoms with van der Waals surface area (Å²) in [6.45, 7) is 5.47. The number of hydrogen-bond donors (Lipinski definition) is 2. The maximum Gasteiger partial charge on any atom is 0.342 e. The highest BCUT2D eigenvalue weighted by Gasteiger charge is 2.21. The van der Waals surface area contributed by atoms with Crippen LogP contribution in [0.15, 0.2) is 48.5 Å². The molecule has 2 rings (SSSR count). The molecule has 0 spiro atoms. The average molecular weight is 503 g/mol. The van der Waals surface area contributed by atoms with Crippen LogP contribution in [0.25, 0.3) is 0 Å². The molecule has 0 aliphatic carbocycles. The van der Waals surface area contributed by atoms with Crippen LogP contribution in [-0.4, -0.2) is 60.3 Å². The van der Waals surface area contributed by atoms with Gasteiger partial charge in [0.1, 0.15) is 48.0 Å². The smallest absolute Gasteiger partial charge is 0.342 e. The zero-order valence-corrected chi connectivity index (χ0v) is 21.4. The number of aliphatic hydroxyl groups is 1. The van der Waals surface area contributed by atoms with E-state index in [-0.39, 0.29) is 37.2 Å². The molecule has 8 heteroatoms. The summed E-state index contributed by atoms with van der Waals surface area (Å²) in [5, 5.41) is 19.5. The van der Waals surface area contributed by atoms with Gasteiger partial charge < -0.3 is 29.2 Å². The minimum atomic E-state index is -0.734. The van der Waals surface area contributed by atoms with Gasteiger partial charge in [-0.25, -0.2) is 9.59 Å². The normalized spacial score (nSPS) is 13.4. The molecule has 0 aromatic heterocycles. The van der Waals surface area contributed by atoms with E-state index < -0.39 is 24.1 Å². The fourth-order valence-electron chi connectivity index (χ4n) is 3.44. The summed E-state index contributed by atoms with van der Waals surface area (Å²) in [4.78, 5) is 25.2. The van der Waals surface area contributed by atoms with Gasteiger partial charge in [0, 0.05) is 0 Å². The maximum absolute atomic E-state index is 12.9. The average Bonchev–Trinajstić information content (AvgIpc) is 2.87. The lowest BCUT2D eigenvalue weighted by atomic mass is 10.1. The number of phenols is 1. The third-order valence-electron chi connectivity index (χ3n) is 5.49. The molecule has 198 valence electrons. The number of unbranched alkanes of at least 4 members (excludes halogenated alkanes) is 2. The highest BCUT2D eigenvalue weighted by atomic mass is 16.6. The number of carbonyl (C=O) groups is 2. The lowest BCUT2D eigenvalue weighted by Crippen LogP contribution is -2.31. The quantitative estimate of drug-likeness (QED) is 0.246. The van der Waals surface area contributed by atoms with Gasteiger partial charge in [-0.05, 0) is 50.5 Å². The van der Waals surface area contributed by atoms with Gasteiger partial charge in [0.2, 0.25) is 0 Å². The molecule has 8 nitrogen and oxygen atoms in total. The Hall–Kier alpha value is -3.10. The van der Waals surface area contributed by atoms with Crippen LogP contribution in [-0.2, 0) is 14.2 Å². The summed E-state index contributed by atoms with van der Waals surface area (Å²) in [6.07, 6.45) is 3.12. The highest BCUT2D eigenvalue weighted by molar-refractivity contribution is 5.93. The lowest BCUT2D eigenvalue weighted by molar-refractivity contribution is -0.0516. The molecule has 0 bridgehead atoms. The predicted octanol–water partition coefficient (Wildman–Crippen LogP) is 4.91. The van der Waals surface area contributed by atoms with Crippen LogP contribution in [0.4, 0.5) is 0 Å². The Balaban J connectivity index is 2.03. The van der Waals surface area contributed by atoms with Crippen molar-refractivity contribution in [1.29, 1.82) is 0 Å². The van der Waals surface area contributed by atoms with E-state index in [0.29, 0.717) is 11.3 Å². The van der Waals surface area contributed by atoms with Crippen molar-refractivity contribution in [2.24, 2.45) is 0 Å². The molecule has 0 aliphatic heterocycles. The van der Waals surface area contributed by atoms with E-state index in [0.717, 1.165) is 32.1 Å². The van der Waals surface area contributed by atoms with Crippen molar-refractivity contribution >= 4 is 11.9 Å². The molecular formula is C28H38O8. The predicted molar refractivity (Wildman–Crippen MR) is 135 cm³/mol.